The molecule has 1 saturated heterocycles. The highest BCUT2D eigenvalue weighted by atomic mass is 32.5. The Morgan fingerprint density at radius 1 is 0.870 bits per heavy atom. The van der Waals surface area contributed by atoms with Crippen molar-refractivity contribution in [2.24, 2.45) is 0 Å². The van der Waals surface area contributed by atoms with E-state index in [0.717, 1.165) is 18.4 Å². The molecule has 1 aliphatic rings. The number of nitrogens with zero attached hydrogens (tertiary/aromatic N) is 3. The van der Waals surface area contributed by atoms with Gasteiger partial charge in [-0.2, -0.15) is 5.10 Å². The maximum Gasteiger partial charge on any atom is 0.324 e. The second-order valence-electron chi connectivity index (χ2n) is 14.7. The summed E-state index contributed by atoms with van der Waals surface area (Å²) in [6.07, 6.45) is 18.2. The molecule has 3 aromatic rings. The summed E-state index contributed by atoms with van der Waals surface area (Å²) >= 11 is 5.31. The van der Waals surface area contributed by atoms with Gasteiger partial charge in [0.05, 0.1) is 32.1 Å². The number of ether oxygens (including phenoxy) is 3. The number of unbranched alkanes of at least 4 members (excludes halogenated alkanes) is 15. The zero-order valence-electron chi connectivity index (χ0n) is 32.4. The highest BCUT2D eigenvalue weighted by Crippen LogP contribution is 2.46. The van der Waals surface area contributed by atoms with Gasteiger partial charge in [-0.3, -0.25) is 0 Å². The Balaban J connectivity index is 1.13. The normalized spacial score (nSPS) is 21.8. The first-order chi connectivity index (χ1) is 26.1. The molecule has 0 saturated carbocycles. The van der Waals surface area contributed by atoms with Crippen molar-refractivity contribution < 1.29 is 38.4 Å². The number of anilines is 1. The van der Waals surface area contributed by atoms with Crippen molar-refractivity contribution in [3.8, 4) is 0 Å². The lowest BCUT2D eigenvalue weighted by Crippen LogP contribution is -2.39. The molecule has 0 bridgehead atoms. The van der Waals surface area contributed by atoms with E-state index in [0.29, 0.717) is 24.4 Å². The van der Waals surface area contributed by atoms with E-state index < -0.39 is 36.7 Å². The standard InChI is InChI=1S/C40H65N4O8PS/c1-3-4-5-6-7-8-9-10-11-12-13-14-15-16-17-21-26-48-28-33(49-27-32-22-19-18-20-23-32)29-50-53(47,54)51-30-35-37(45)38(46)40(2,52-35)36-25-24-34-39(41)42-31-43-44(34)36/h18-20,22-25,31,33,35,37-38,45-46H,3-17,21,26-30H2,1-2H3,(H,47,54)(H2,41,42,43)/t33-,35-,37-,38-,40+,53?/m1/s1. The summed E-state index contributed by atoms with van der Waals surface area (Å²) in [6, 6.07) is 13.2. The molecule has 14 heteroatoms. The van der Waals surface area contributed by atoms with Gasteiger partial charge in [-0.15, -0.1) is 0 Å². The topological polar surface area (TPSA) is 163 Å². The van der Waals surface area contributed by atoms with E-state index in [1.807, 2.05) is 30.3 Å². The van der Waals surface area contributed by atoms with Crippen LogP contribution in [0.15, 0.2) is 48.8 Å². The van der Waals surface area contributed by atoms with Crippen molar-refractivity contribution in [2.75, 3.05) is 32.2 Å². The van der Waals surface area contributed by atoms with Gasteiger partial charge in [0.1, 0.15) is 41.9 Å². The molecule has 0 radical (unpaired) electrons. The number of fused-ring (bicyclic) bond motifs is 1. The quantitative estimate of drug-likeness (QED) is 0.0400. The lowest BCUT2D eigenvalue weighted by atomic mass is 9.93. The first-order valence-corrected chi connectivity index (χ1v) is 22.7. The van der Waals surface area contributed by atoms with Gasteiger partial charge >= 0.3 is 6.72 Å². The largest absolute Gasteiger partial charge is 0.387 e. The van der Waals surface area contributed by atoms with E-state index in [4.69, 9.17) is 40.8 Å². The molecule has 1 fully saturated rings. The highest BCUT2D eigenvalue weighted by Gasteiger charge is 2.54. The predicted molar refractivity (Wildman–Crippen MR) is 215 cm³/mol. The Hall–Kier alpha value is -2.03. The van der Waals surface area contributed by atoms with Crippen LogP contribution < -0.4 is 5.73 Å². The van der Waals surface area contributed by atoms with Crippen LogP contribution >= 0.6 is 6.72 Å². The van der Waals surface area contributed by atoms with Crippen LogP contribution in [-0.4, -0.2) is 80.5 Å². The van der Waals surface area contributed by atoms with Crippen LogP contribution in [0.1, 0.15) is 128 Å². The molecule has 5 N–H and O–H groups in total. The number of hydrogen-bond acceptors (Lipinski definition) is 11. The third kappa shape index (κ3) is 14.5. The molecular formula is C40H65N4O8PS. The smallest absolute Gasteiger partial charge is 0.324 e. The van der Waals surface area contributed by atoms with Crippen LogP contribution in [0.5, 0.6) is 0 Å². The zero-order chi connectivity index (χ0) is 38.7. The summed E-state index contributed by atoms with van der Waals surface area (Å²) in [5, 5.41) is 26.2. The Morgan fingerprint density at radius 3 is 2.11 bits per heavy atom. The summed E-state index contributed by atoms with van der Waals surface area (Å²) in [4.78, 5) is 14.9. The summed E-state index contributed by atoms with van der Waals surface area (Å²) in [7, 11) is 0. The van der Waals surface area contributed by atoms with Gasteiger partial charge in [0.25, 0.3) is 0 Å². The van der Waals surface area contributed by atoms with Gasteiger partial charge in [0.15, 0.2) is 5.82 Å². The Kier molecular flexibility index (Phi) is 19.8. The minimum Gasteiger partial charge on any atom is -0.387 e. The summed E-state index contributed by atoms with van der Waals surface area (Å²) < 4.78 is 31.1. The van der Waals surface area contributed by atoms with Gasteiger partial charge < -0.3 is 44.1 Å². The molecule has 1 aliphatic heterocycles. The molecule has 54 heavy (non-hydrogen) atoms. The van der Waals surface area contributed by atoms with Crippen molar-refractivity contribution in [3.05, 3.63) is 60.0 Å². The molecule has 2 aromatic heterocycles. The van der Waals surface area contributed by atoms with Crippen molar-refractivity contribution in [1.29, 1.82) is 0 Å². The van der Waals surface area contributed by atoms with Crippen LogP contribution in [0, 0.1) is 0 Å². The molecule has 1 aromatic carbocycles. The number of nitrogens with two attached hydrogens (primary N) is 1. The van der Waals surface area contributed by atoms with Crippen LogP contribution in [-0.2, 0) is 47.3 Å². The lowest BCUT2D eigenvalue weighted by Gasteiger charge is -2.27. The second kappa shape index (κ2) is 23.9. The fourth-order valence-corrected chi connectivity index (χ4v) is 8.07. The van der Waals surface area contributed by atoms with Crippen molar-refractivity contribution in [3.63, 3.8) is 0 Å². The minimum atomic E-state index is -3.78. The molecule has 6 atom stereocenters. The van der Waals surface area contributed by atoms with Crippen LogP contribution in [0.3, 0.4) is 0 Å². The monoisotopic (exact) mass is 792 g/mol. The van der Waals surface area contributed by atoms with E-state index in [2.05, 4.69) is 17.0 Å². The Labute approximate surface area is 327 Å². The van der Waals surface area contributed by atoms with Crippen molar-refractivity contribution in [2.45, 2.75) is 153 Å². The maximum atomic E-state index is 11.0. The van der Waals surface area contributed by atoms with Gasteiger partial charge in [0.2, 0.25) is 0 Å². The van der Waals surface area contributed by atoms with E-state index >= 15 is 0 Å². The third-order valence-electron chi connectivity index (χ3n) is 10.3. The number of aromatic nitrogens is 3. The molecule has 0 amide bonds. The number of aliphatic hydroxyl groups is 2. The van der Waals surface area contributed by atoms with E-state index in [1.54, 1.807) is 19.1 Å². The minimum absolute atomic E-state index is 0.0503. The fraction of sp³-hybridized carbons (Fsp3) is 0.700. The second-order valence-corrected chi connectivity index (χ2v) is 17.6. The number of hydrogen-bond donors (Lipinski definition) is 4. The van der Waals surface area contributed by atoms with Crippen molar-refractivity contribution in [1.82, 2.24) is 14.6 Å². The van der Waals surface area contributed by atoms with Gasteiger partial charge in [-0.1, -0.05) is 134 Å². The number of aliphatic hydroxyl groups excluding tert-OH is 2. The highest BCUT2D eigenvalue weighted by molar-refractivity contribution is 8.07. The molecule has 3 heterocycles. The van der Waals surface area contributed by atoms with Crippen LogP contribution in [0.4, 0.5) is 5.82 Å². The average Bonchev–Trinajstić information content (AvgIpc) is 3.71. The molecule has 12 nitrogen and oxygen atoms in total. The molecular weight excluding hydrogens is 728 g/mol. The molecule has 0 aliphatic carbocycles. The summed E-state index contributed by atoms with van der Waals surface area (Å²) in [6.45, 7) is 0.994. The molecule has 1 unspecified atom stereocenters. The van der Waals surface area contributed by atoms with E-state index in [-0.39, 0.29) is 25.6 Å². The fourth-order valence-electron chi connectivity index (χ4n) is 6.94. The third-order valence-corrected chi connectivity index (χ3v) is 11.8. The molecule has 4 rings (SSSR count). The Morgan fingerprint density at radius 2 is 1.48 bits per heavy atom. The zero-order valence-corrected chi connectivity index (χ0v) is 34.1. The lowest BCUT2D eigenvalue weighted by molar-refractivity contribution is -0.0886. The predicted octanol–water partition coefficient (Wildman–Crippen LogP) is 7.76. The average molecular weight is 793 g/mol. The number of benzene rings is 1. The first-order valence-electron chi connectivity index (χ1n) is 20.1. The van der Waals surface area contributed by atoms with Crippen LogP contribution in [0.25, 0.3) is 5.52 Å². The van der Waals surface area contributed by atoms with Gasteiger partial charge in [-0.05, 0) is 42.8 Å². The SMILES string of the molecule is CCCCCCCCCCCCCCCCCCOC[C@H](COP(O)(=S)OC[C@H]1O[C@@](C)(c2ccc3c(N)ncnn23)[C@H](O)[C@@H]1O)OCc1ccccc1. The van der Waals surface area contributed by atoms with Gasteiger partial charge in [-0.25, -0.2) is 9.50 Å². The summed E-state index contributed by atoms with van der Waals surface area (Å²) in [5.41, 5.74) is 6.62. The number of nitrogen functional groups attached to an aromatic ring is 1. The maximum absolute atomic E-state index is 11.0. The van der Waals surface area contributed by atoms with Gasteiger partial charge in [0, 0.05) is 6.61 Å². The Bertz CT molecular complexity index is 1520. The summed E-state index contributed by atoms with van der Waals surface area (Å²) in [5.74, 6) is 0.266. The molecule has 0 spiro atoms. The van der Waals surface area contributed by atoms with Crippen LogP contribution in [0.2, 0.25) is 0 Å². The van der Waals surface area contributed by atoms with Crippen molar-refractivity contribution >= 4 is 29.9 Å². The van der Waals surface area contributed by atoms with E-state index in [9.17, 15) is 15.1 Å². The molecule has 304 valence electrons. The number of rotatable bonds is 29. The van der Waals surface area contributed by atoms with E-state index in [1.165, 1.54) is 101 Å². The first kappa shape index (κ1) is 44.7.